The van der Waals surface area contributed by atoms with Gasteiger partial charge in [0.25, 0.3) is 0 Å². The summed E-state index contributed by atoms with van der Waals surface area (Å²) in [5, 5.41) is 3.39. The highest BCUT2D eigenvalue weighted by molar-refractivity contribution is 5.46. The van der Waals surface area contributed by atoms with Crippen molar-refractivity contribution < 1.29 is 8.81 Å². The lowest BCUT2D eigenvalue weighted by Crippen LogP contribution is -2.23. The zero-order valence-corrected chi connectivity index (χ0v) is 12.7. The van der Waals surface area contributed by atoms with Crippen LogP contribution in [0.25, 0.3) is 0 Å². The highest BCUT2D eigenvalue weighted by atomic mass is 19.1. The molecule has 1 aromatic carbocycles. The molecule has 0 amide bonds. The predicted octanol–water partition coefficient (Wildman–Crippen LogP) is 3.94. The largest absolute Gasteiger partial charge is 0.467 e. The van der Waals surface area contributed by atoms with E-state index >= 15 is 0 Å². The standard InChI is InChI=1S/C17H23FN2O/c1-3-10-19-12-14-9-11-21-17(14)13-20(4-2)16-7-5-15(18)6-8-16/h5-9,11,19H,3-4,10,12-13H2,1-2H3. The average molecular weight is 290 g/mol. The summed E-state index contributed by atoms with van der Waals surface area (Å²) in [5.41, 5.74) is 2.19. The second-order valence-electron chi connectivity index (χ2n) is 5.04. The lowest BCUT2D eigenvalue weighted by atomic mass is 10.2. The second kappa shape index (κ2) is 7.84. The van der Waals surface area contributed by atoms with Crippen LogP contribution < -0.4 is 10.2 Å². The SMILES string of the molecule is CCCNCc1ccoc1CN(CC)c1ccc(F)cc1. The first-order chi connectivity index (χ1) is 10.2. The number of halogens is 1. The number of anilines is 1. The zero-order chi connectivity index (χ0) is 15.1. The molecular weight excluding hydrogens is 267 g/mol. The first-order valence-corrected chi connectivity index (χ1v) is 7.51. The van der Waals surface area contributed by atoms with Crippen molar-refractivity contribution in [2.24, 2.45) is 0 Å². The molecule has 0 unspecified atom stereocenters. The number of nitrogens with one attached hydrogen (secondary N) is 1. The molecule has 0 saturated carbocycles. The van der Waals surface area contributed by atoms with Crippen molar-refractivity contribution >= 4 is 5.69 Å². The van der Waals surface area contributed by atoms with Crippen LogP contribution in [-0.4, -0.2) is 13.1 Å². The van der Waals surface area contributed by atoms with Gasteiger partial charge in [-0.25, -0.2) is 4.39 Å². The molecule has 1 N–H and O–H groups in total. The van der Waals surface area contributed by atoms with Crippen LogP contribution in [0.1, 0.15) is 31.6 Å². The summed E-state index contributed by atoms with van der Waals surface area (Å²) in [6.45, 7) is 7.59. The third kappa shape index (κ3) is 4.33. The Hall–Kier alpha value is -1.81. The van der Waals surface area contributed by atoms with Crippen LogP contribution in [0, 0.1) is 5.82 Å². The fourth-order valence-electron chi connectivity index (χ4n) is 2.27. The fraction of sp³-hybridized carbons (Fsp3) is 0.412. The average Bonchev–Trinajstić information content (AvgIpc) is 2.93. The van der Waals surface area contributed by atoms with Crippen molar-refractivity contribution in [2.75, 3.05) is 18.0 Å². The Bertz CT molecular complexity index is 536. The molecule has 2 aromatic rings. The number of rotatable bonds is 8. The van der Waals surface area contributed by atoms with Gasteiger partial charge in [0.15, 0.2) is 0 Å². The van der Waals surface area contributed by atoms with Gasteiger partial charge < -0.3 is 14.6 Å². The molecule has 0 spiro atoms. The molecule has 21 heavy (non-hydrogen) atoms. The molecule has 0 bridgehead atoms. The molecule has 0 aliphatic heterocycles. The van der Waals surface area contributed by atoms with E-state index in [1.807, 2.05) is 6.07 Å². The molecule has 0 atom stereocenters. The van der Waals surface area contributed by atoms with E-state index in [-0.39, 0.29) is 5.82 Å². The molecular formula is C17H23FN2O. The van der Waals surface area contributed by atoms with E-state index in [0.29, 0.717) is 6.54 Å². The van der Waals surface area contributed by atoms with Crippen molar-refractivity contribution in [3.63, 3.8) is 0 Å². The van der Waals surface area contributed by atoms with Gasteiger partial charge >= 0.3 is 0 Å². The van der Waals surface area contributed by atoms with E-state index in [4.69, 9.17) is 4.42 Å². The Morgan fingerprint density at radius 1 is 1.14 bits per heavy atom. The van der Waals surface area contributed by atoms with Gasteiger partial charge in [0, 0.05) is 24.3 Å². The molecule has 1 heterocycles. The summed E-state index contributed by atoms with van der Waals surface area (Å²) in [5.74, 6) is 0.752. The minimum absolute atomic E-state index is 0.211. The highest BCUT2D eigenvalue weighted by Gasteiger charge is 2.11. The Morgan fingerprint density at radius 3 is 2.57 bits per heavy atom. The van der Waals surface area contributed by atoms with Crippen molar-refractivity contribution in [1.82, 2.24) is 5.32 Å². The van der Waals surface area contributed by atoms with Gasteiger partial charge in [-0.15, -0.1) is 0 Å². The molecule has 1 aromatic heterocycles. The minimum Gasteiger partial charge on any atom is -0.467 e. The summed E-state index contributed by atoms with van der Waals surface area (Å²) >= 11 is 0. The van der Waals surface area contributed by atoms with E-state index in [1.165, 1.54) is 17.7 Å². The maximum Gasteiger partial charge on any atom is 0.127 e. The quantitative estimate of drug-likeness (QED) is 0.746. The summed E-state index contributed by atoms with van der Waals surface area (Å²) in [4.78, 5) is 2.17. The summed E-state index contributed by atoms with van der Waals surface area (Å²) < 4.78 is 18.6. The molecule has 4 heteroatoms. The van der Waals surface area contributed by atoms with Crippen molar-refractivity contribution in [3.8, 4) is 0 Å². The number of furan rings is 1. The van der Waals surface area contributed by atoms with Gasteiger partial charge in [-0.1, -0.05) is 6.92 Å². The first-order valence-electron chi connectivity index (χ1n) is 7.51. The van der Waals surface area contributed by atoms with Gasteiger partial charge in [0.1, 0.15) is 11.6 Å². The smallest absolute Gasteiger partial charge is 0.127 e. The van der Waals surface area contributed by atoms with Crippen molar-refractivity contribution in [2.45, 2.75) is 33.4 Å². The van der Waals surface area contributed by atoms with Crippen LogP contribution >= 0.6 is 0 Å². The minimum atomic E-state index is -0.211. The maximum absolute atomic E-state index is 13.0. The van der Waals surface area contributed by atoms with Gasteiger partial charge in [0.2, 0.25) is 0 Å². The summed E-state index contributed by atoms with van der Waals surface area (Å²) in [6, 6.07) is 8.59. The molecule has 0 saturated heterocycles. The topological polar surface area (TPSA) is 28.4 Å². The monoisotopic (exact) mass is 290 g/mol. The first kappa shape index (κ1) is 15.6. The van der Waals surface area contributed by atoms with Crippen molar-refractivity contribution in [3.05, 3.63) is 53.7 Å². The summed E-state index contributed by atoms with van der Waals surface area (Å²) in [7, 11) is 0. The number of hydrogen-bond acceptors (Lipinski definition) is 3. The molecule has 114 valence electrons. The second-order valence-corrected chi connectivity index (χ2v) is 5.04. The fourth-order valence-corrected chi connectivity index (χ4v) is 2.27. The number of benzene rings is 1. The van der Waals surface area contributed by atoms with Gasteiger partial charge in [-0.3, -0.25) is 0 Å². The van der Waals surface area contributed by atoms with E-state index in [1.54, 1.807) is 18.4 Å². The van der Waals surface area contributed by atoms with Crippen LogP contribution in [0.4, 0.5) is 10.1 Å². The number of hydrogen-bond donors (Lipinski definition) is 1. The van der Waals surface area contributed by atoms with Crippen molar-refractivity contribution in [1.29, 1.82) is 0 Å². The van der Waals surface area contributed by atoms with E-state index in [2.05, 4.69) is 24.1 Å². The lowest BCUT2D eigenvalue weighted by Gasteiger charge is -2.22. The molecule has 0 radical (unpaired) electrons. The summed E-state index contributed by atoms with van der Waals surface area (Å²) in [6.07, 6.45) is 2.85. The molecule has 2 rings (SSSR count). The molecule has 0 fully saturated rings. The zero-order valence-electron chi connectivity index (χ0n) is 12.7. The normalized spacial score (nSPS) is 10.8. The van der Waals surface area contributed by atoms with Crippen LogP contribution in [0.5, 0.6) is 0 Å². The van der Waals surface area contributed by atoms with E-state index < -0.39 is 0 Å². The third-order valence-corrected chi connectivity index (χ3v) is 3.49. The van der Waals surface area contributed by atoms with Gasteiger partial charge in [0.05, 0.1) is 12.8 Å². The highest BCUT2D eigenvalue weighted by Crippen LogP contribution is 2.20. The predicted molar refractivity (Wildman–Crippen MR) is 83.8 cm³/mol. The van der Waals surface area contributed by atoms with Crippen LogP contribution in [0.2, 0.25) is 0 Å². The molecule has 0 aliphatic carbocycles. The van der Waals surface area contributed by atoms with Crippen LogP contribution in [0.15, 0.2) is 41.0 Å². The van der Waals surface area contributed by atoms with E-state index in [0.717, 1.165) is 37.5 Å². The Kier molecular flexibility index (Phi) is 5.81. The van der Waals surface area contributed by atoms with Crippen LogP contribution in [-0.2, 0) is 13.1 Å². The Balaban J connectivity index is 2.05. The van der Waals surface area contributed by atoms with Gasteiger partial charge in [-0.2, -0.15) is 0 Å². The lowest BCUT2D eigenvalue weighted by molar-refractivity contribution is 0.495. The van der Waals surface area contributed by atoms with E-state index in [9.17, 15) is 4.39 Å². The van der Waals surface area contributed by atoms with Gasteiger partial charge in [-0.05, 0) is 50.2 Å². The third-order valence-electron chi connectivity index (χ3n) is 3.49. The molecule has 0 aliphatic rings. The maximum atomic E-state index is 13.0. The number of nitrogens with zero attached hydrogens (tertiary/aromatic N) is 1. The molecule has 3 nitrogen and oxygen atoms in total. The Morgan fingerprint density at radius 2 is 1.90 bits per heavy atom. The Labute approximate surface area is 125 Å². The van der Waals surface area contributed by atoms with Crippen LogP contribution in [0.3, 0.4) is 0 Å².